The highest BCUT2D eigenvalue weighted by atomic mass is 16.6. The van der Waals surface area contributed by atoms with Gasteiger partial charge in [-0.25, -0.2) is 4.79 Å². The van der Waals surface area contributed by atoms with E-state index in [1.165, 1.54) is 11.1 Å². The Hall–Kier alpha value is -4.24. The number of carbonyl (C=O) groups is 1. The Kier molecular flexibility index (Phi) is 7.07. The van der Waals surface area contributed by atoms with Crippen LogP contribution in [0.2, 0.25) is 0 Å². The molecule has 35 heavy (non-hydrogen) atoms. The van der Waals surface area contributed by atoms with Crippen LogP contribution in [-0.4, -0.2) is 12.6 Å². The molecule has 0 bridgehead atoms. The largest absolute Gasteiger partial charge is 0.482 e. The molecule has 1 unspecified atom stereocenters. The molecule has 1 aliphatic rings. The number of allylic oxidation sites excluding steroid dienone is 1. The van der Waals surface area contributed by atoms with Crippen LogP contribution in [-0.2, 0) is 11.2 Å². The number of hydrogen-bond donors (Lipinski definition) is 1. The second kappa shape index (κ2) is 10.4. The summed E-state index contributed by atoms with van der Waals surface area (Å²) >= 11 is 0. The molecule has 0 spiro atoms. The van der Waals surface area contributed by atoms with Gasteiger partial charge in [-0.3, -0.25) is 0 Å². The lowest BCUT2D eigenvalue weighted by Gasteiger charge is -2.27. The lowest BCUT2D eigenvalue weighted by molar-refractivity contribution is -0.136. The molecule has 1 atom stereocenters. The Morgan fingerprint density at radius 1 is 1.06 bits per heavy atom. The fraction of sp³-hybridized carbons (Fsp3) is 0.241. The number of benzene rings is 3. The molecule has 0 aromatic heterocycles. The average molecular weight is 469 g/mol. The summed E-state index contributed by atoms with van der Waals surface area (Å²) in [5, 5.41) is 9.77. The van der Waals surface area contributed by atoms with Crippen LogP contribution in [0.5, 0.6) is 17.2 Å². The first-order valence-electron chi connectivity index (χ1n) is 11.6. The number of aryl methyl sites for hydroxylation is 1. The highest BCUT2D eigenvalue weighted by Gasteiger charge is 2.31. The van der Waals surface area contributed by atoms with Gasteiger partial charge in [-0.05, 0) is 47.2 Å². The number of nitrogens with two attached hydrogens (primary N) is 1. The van der Waals surface area contributed by atoms with E-state index in [-0.39, 0.29) is 18.4 Å². The minimum atomic E-state index is -0.539. The Balaban J connectivity index is 1.52. The van der Waals surface area contributed by atoms with Gasteiger partial charge in [0.2, 0.25) is 5.88 Å². The van der Waals surface area contributed by atoms with Crippen molar-refractivity contribution < 1.29 is 19.0 Å². The summed E-state index contributed by atoms with van der Waals surface area (Å²) in [5.74, 6) is 0.883. The summed E-state index contributed by atoms with van der Waals surface area (Å²) in [5.41, 5.74) is 10.6. The Labute approximate surface area is 205 Å². The molecule has 3 aromatic rings. The average Bonchev–Trinajstić information content (AvgIpc) is 2.87. The van der Waals surface area contributed by atoms with E-state index in [9.17, 15) is 10.1 Å². The monoisotopic (exact) mass is 468 g/mol. The topological polar surface area (TPSA) is 94.6 Å². The first-order valence-corrected chi connectivity index (χ1v) is 11.6. The van der Waals surface area contributed by atoms with Crippen LogP contribution < -0.4 is 19.9 Å². The number of nitrogens with zero attached hydrogens (tertiary/aromatic N) is 1. The molecule has 3 aromatic carbocycles. The van der Waals surface area contributed by atoms with Crippen molar-refractivity contribution in [3.05, 3.63) is 100 Å². The van der Waals surface area contributed by atoms with Crippen molar-refractivity contribution >= 4 is 5.97 Å². The predicted octanol–water partition coefficient (Wildman–Crippen LogP) is 5.57. The molecule has 6 nitrogen and oxygen atoms in total. The fourth-order valence-electron chi connectivity index (χ4n) is 4.04. The normalized spacial score (nSPS) is 14.7. The molecule has 1 heterocycles. The molecular formula is C29H28N2O4. The van der Waals surface area contributed by atoms with Gasteiger partial charge in [0.15, 0.2) is 6.61 Å². The zero-order valence-electron chi connectivity index (χ0n) is 20.1. The van der Waals surface area contributed by atoms with E-state index < -0.39 is 5.97 Å². The van der Waals surface area contributed by atoms with Crippen LogP contribution in [0.4, 0.5) is 0 Å². The van der Waals surface area contributed by atoms with Gasteiger partial charge in [-0.15, -0.1) is 0 Å². The van der Waals surface area contributed by atoms with E-state index in [0.29, 0.717) is 28.7 Å². The first-order chi connectivity index (χ1) is 16.9. The van der Waals surface area contributed by atoms with Crippen LogP contribution in [0.3, 0.4) is 0 Å². The lowest BCUT2D eigenvalue weighted by Crippen LogP contribution is -2.21. The zero-order chi connectivity index (χ0) is 24.9. The maximum Gasteiger partial charge on any atom is 0.349 e. The van der Waals surface area contributed by atoms with Gasteiger partial charge in [-0.2, -0.15) is 5.26 Å². The van der Waals surface area contributed by atoms with Crippen molar-refractivity contribution in [3.63, 3.8) is 0 Å². The number of nitriles is 1. The fourth-order valence-corrected chi connectivity index (χ4v) is 4.04. The van der Waals surface area contributed by atoms with Gasteiger partial charge in [-0.1, -0.05) is 63.2 Å². The van der Waals surface area contributed by atoms with Crippen LogP contribution in [0.1, 0.15) is 54.9 Å². The van der Waals surface area contributed by atoms with Gasteiger partial charge in [0.05, 0.1) is 5.92 Å². The van der Waals surface area contributed by atoms with Crippen LogP contribution >= 0.6 is 0 Å². The highest BCUT2D eigenvalue weighted by Crippen LogP contribution is 2.43. The molecule has 1 aliphatic heterocycles. The third-order valence-corrected chi connectivity index (χ3v) is 6.05. The van der Waals surface area contributed by atoms with Crippen LogP contribution in [0.15, 0.2) is 78.2 Å². The Bertz CT molecular complexity index is 1290. The molecule has 0 saturated carbocycles. The number of fused-ring (bicyclic) bond motifs is 1. The van der Waals surface area contributed by atoms with Crippen molar-refractivity contribution in [2.24, 2.45) is 5.73 Å². The van der Waals surface area contributed by atoms with E-state index >= 15 is 0 Å². The maximum atomic E-state index is 12.3. The summed E-state index contributed by atoms with van der Waals surface area (Å²) in [6, 6.07) is 23.0. The summed E-state index contributed by atoms with van der Waals surface area (Å²) in [6.07, 6.45) is 0.933. The van der Waals surface area contributed by atoms with Crippen molar-refractivity contribution in [2.75, 3.05) is 6.61 Å². The minimum Gasteiger partial charge on any atom is -0.482 e. The van der Waals surface area contributed by atoms with E-state index in [4.69, 9.17) is 19.9 Å². The Morgan fingerprint density at radius 3 is 2.37 bits per heavy atom. The second-order valence-electron chi connectivity index (χ2n) is 8.71. The van der Waals surface area contributed by atoms with Crippen molar-refractivity contribution in [2.45, 2.75) is 39.0 Å². The van der Waals surface area contributed by atoms with Gasteiger partial charge in [0.1, 0.15) is 28.9 Å². The molecule has 4 rings (SSSR count). The third kappa shape index (κ3) is 5.30. The quantitative estimate of drug-likeness (QED) is 0.360. The standard InChI is InChI=1S/C29H28N2O4/c1-4-19-5-11-22(12-6-19)33-17-27(32)34-23-13-14-24-26(15-23)35-29(31)25(16-30)28(24)21-9-7-20(8-10-21)18(2)3/h5-15,18,28H,4,17,31H2,1-3H3. The first kappa shape index (κ1) is 23.9. The number of ether oxygens (including phenoxy) is 3. The Morgan fingerprint density at radius 2 is 1.74 bits per heavy atom. The van der Waals surface area contributed by atoms with E-state index in [1.807, 2.05) is 36.4 Å². The molecule has 0 aliphatic carbocycles. The molecule has 0 saturated heterocycles. The third-order valence-electron chi connectivity index (χ3n) is 6.05. The molecule has 0 amide bonds. The summed E-state index contributed by atoms with van der Waals surface area (Å²) in [6.45, 7) is 6.11. The van der Waals surface area contributed by atoms with Crippen LogP contribution in [0.25, 0.3) is 0 Å². The summed E-state index contributed by atoms with van der Waals surface area (Å²) in [4.78, 5) is 12.3. The van der Waals surface area contributed by atoms with Gasteiger partial charge < -0.3 is 19.9 Å². The van der Waals surface area contributed by atoms with Gasteiger partial charge in [0, 0.05) is 11.6 Å². The number of carbonyl (C=O) groups excluding carboxylic acids is 1. The molecule has 178 valence electrons. The van der Waals surface area contributed by atoms with E-state index in [2.05, 4.69) is 39.0 Å². The summed E-state index contributed by atoms with van der Waals surface area (Å²) < 4.78 is 16.7. The van der Waals surface area contributed by atoms with Crippen LogP contribution in [0, 0.1) is 11.3 Å². The second-order valence-corrected chi connectivity index (χ2v) is 8.71. The smallest absolute Gasteiger partial charge is 0.349 e. The minimum absolute atomic E-state index is 0.0419. The molecular weight excluding hydrogens is 440 g/mol. The lowest BCUT2D eigenvalue weighted by atomic mass is 9.83. The number of rotatable bonds is 7. The molecule has 6 heteroatoms. The molecule has 2 N–H and O–H groups in total. The highest BCUT2D eigenvalue weighted by molar-refractivity contribution is 5.74. The number of hydrogen-bond acceptors (Lipinski definition) is 6. The molecule has 0 radical (unpaired) electrons. The summed E-state index contributed by atoms with van der Waals surface area (Å²) in [7, 11) is 0. The van der Waals surface area contributed by atoms with Crippen molar-refractivity contribution in [3.8, 4) is 23.3 Å². The number of esters is 1. The maximum absolute atomic E-state index is 12.3. The van der Waals surface area contributed by atoms with Crippen molar-refractivity contribution in [1.82, 2.24) is 0 Å². The van der Waals surface area contributed by atoms with Crippen molar-refractivity contribution in [1.29, 1.82) is 5.26 Å². The van der Waals surface area contributed by atoms with Gasteiger partial charge in [0.25, 0.3) is 0 Å². The van der Waals surface area contributed by atoms with Gasteiger partial charge >= 0.3 is 5.97 Å². The zero-order valence-corrected chi connectivity index (χ0v) is 20.1. The SMILES string of the molecule is CCc1ccc(OCC(=O)Oc2ccc3c(c2)OC(N)=C(C#N)C3c2ccc(C(C)C)cc2)cc1. The van der Waals surface area contributed by atoms with E-state index in [1.54, 1.807) is 18.2 Å². The van der Waals surface area contributed by atoms with E-state index in [0.717, 1.165) is 17.5 Å². The molecule has 0 fully saturated rings. The predicted molar refractivity (Wildman–Crippen MR) is 133 cm³/mol.